The summed E-state index contributed by atoms with van der Waals surface area (Å²) in [5.41, 5.74) is -1.51. The van der Waals surface area contributed by atoms with E-state index >= 15 is 0 Å². The predicted molar refractivity (Wildman–Crippen MR) is 51.5 cm³/mol. The fourth-order valence-corrected chi connectivity index (χ4v) is 2.47. The van der Waals surface area contributed by atoms with Crippen LogP contribution in [-0.4, -0.2) is 19.8 Å². The van der Waals surface area contributed by atoms with E-state index in [0.29, 0.717) is 0 Å². The zero-order valence-corrected chi connectivity index (χ0v) is 9.70. The molecule has 0 fully saturated rings. The number of aromatic nitrogens is 1. The second-order valence-corrected chi connectivity index (χ2v) is 5.45. The highest BCUT2D eigenvalue weighted by molar-refractivity contribution is 8.13. The molecule has 1 aromatic heterocycles. The fraction of sp³-hybridized carbons (Fsp3) is 0.286. The predicted octanol–water partition coefficient (Wildman–Crippen LogP) is 1.51. The lowest BCUT2D eigenvalue weighted by atomic mass is 10.3. The highest BCUT2D eigenvalue weighted by Crippen LogP contribution is 2.30. The minimum atomic E-state index is -5.20. The van der Waals surface area contributed by atoms with Crippen LogP contribution in [0.4, 0.5) is 13.2 Å². The normalized spacial score (nSPS) is 12.5. The zero-order valence-electron chi connectivity index (χ0n) is 8.13. The third-order valence-electron chi connectivity index (χ3n) is 1.65. The Kier molecular flexibility index (Phi) is 3.44. The number of aryl methyl sites for hydroxylation is 1. The first kappa shape index (κ1) is 13.8. The van der Waals surface area contributed by atoms with Gasteiger partial charge in [0.05, 0.1) is 0 Å². The lowest BCUT2D eigenvalue weighted by molar-refractivity contribution is -0.276. The lowest BCUT2D eigenvalue weighted by Gasteiger charge is -2.11. The summed E-state index contributed by atoms with van der Waals surface area (Å²) in [5.74, 6) is -1.40. The molecule has 0 unspecified atom stereocenters. The molecule has 0 aliphatic rings. The van der Waals surface area contributed by atoms with Gasteiger partial charge in [0.15, 0.2) is 0 Å². The van der Waals surface area contributed by atoms with Gasteiger partial charge in [0.1, 0.15) is 4.90 Å². The van der Waals surface area contributed by atoms with Crippen molar-refractivity contribution in [2.45, 2.75) is 18.2 Å². The SMILES string of the molecule is Cc1c[nH]c(=O)c(OC(F)(F)F)c1S(=O)(=O)Cl. The van der Waals surface area contributed by atoms with E-state index in [0.717, 1.165) is 13.1 Å². The minimum Gasteiger partial charge on any atom is -0.398 e. The molecule has 0 amide bonds. The van der Waals surface area contributed by atoms with Crippen LogP contribution in [-0.2, 0) is 9.05 Å². The third kappa shape index (κ3) is 3.37. The number of hydrogen-bond donors (Lipinski definition) is 1. The molecular formula is C7H5ClF3NO4S. The molecule has 0 aliphatic carbocycles. The second-order valence-electron chi connectivity index (χ2n) is 2.94. The Morgan fingerprint density at radius 3 is 2.35 bits per heavy atom. The monoisotopic (exact) mass is 291 g/mol. The Labute approximate surface area is 97.6 Å². The number of halogens is 4. The van der Waals surface area contributed by atoms with Crippen LogP contribution >= 0.6 is 10.7 Å². The molecule has 1 N–H and O–H groups in total. The molecule has 0 spiro atoms. The van der Waals surface area contributed by atoms with Crippen LogP contribution in [0.3, 0.4) is 0 Å². The van der Waals surface area contributed by atoms with Crippen LogP contribution in [0.25, 0.3) is 0 Å². The molecule has 10 heteroatoms. The maximum absolute atomic E-state index is 12.0. The van der Waals surface area contributed by atoms with Crippen LogP contribution in [0.5, 0.6) is 5.75 Å². The van der Waals surface area contributed by atoms with Crippen molar-refractivity contribution in [1.29, 1.82) is 0 Å². The molecule has 0 radical (unpaired) electrons. The van der Waals surface area contributed by atoms with Gasteiger partial charge in [0.25, 0.3) is 14.6 Å². The summed E-state index contributed by atoms with van der Waals surface area (Å²) in [6, 6.07) is 0. The molecule has 1 aromatic rings. The quantitative estimate of drug-likeness (QED) is 0.838. The number of nitrogens with one attached hydrogen (secondary N) is 1. The Morgan fingerprint density at radius 1 is 1.41 bits per heavy atom. The maximum atomic E-state index is 12.0. The average molecular weight is 292 g/mol. The van der Waals surface area contributed by atoms with Crippen LogP contribution in [0.2, 0.25) is 0 Å². The van der Waals surface area contributed by atoms with Crippen molar-refractivity contribution in [2.75, 3.05) is 0 Å². The van der Waals surface area contributed by atoms with Gasteiger partial charge in [0, 0.05) is 16.9 Å². The van der Waals surface area contributed by atoms with Gasteiger partial charge in [-0.3, -0.25) is 4.79 Å². The van der Waals surface area contributed by atoms with Gasteiger partial charge in [-0.15, -0.1) is 13.2 Å². The van der Waals surface area contributed by atoms with Crippen molar-refractivity contribution in [3.8, 4) is 5.75 Å². The van der Waals surface area contributed by atoms with Crippen molar-refractivity contribution < 1.29 is 26.3 Å². The van der Waals surface area contributed by atoms with E-state index < -0.39 is 31.6 Å². The van der Waals surface area contributed by atoms with Gasteiger partial charge in [0.2, 0.25) is 5.75 Å². The van der Waals surface area contributed by atoms with Crippen LogP contribution in [0.15, 0.2) is 15.9 Å². The van der Waals surface area contributed by atoms with Crippen molar-refractivity contribution in [1.82, 2.24) is 4.98 Å². The molecular weight excluding hydrogens is 287 g/mol. The highest BCUT2D eigenvalue weighted by Gasteiger charge is 2.36. The molecule has 0 atom stereocenters. The maximum Gasteiger partial charge on any atom is 0.573 e. The summed E-state index contributed by atoms with van der Waals surface area (Å²) >= 11 is 0. The molecule has 0 aromatic carbocycles. The van der Waals surface area contributed by atoms with Gasteiger partial charge in [-0.2, -0.15) is 0 Å². The lowest BCUT2D eigenvalue weighted by Crippen LogP contribution is -2.25. The molecule has 17 heavy (non-hydrogen) atoms. The van der Waals surface area contributed by atoms with Crippen molar-refractivity contribution in [3.63, 3.8) is 0 Å². The summed E-state index contributed by atoms with van der Waals surface area (Å²) in [4.78, 5) is 12.0. The topological polar surface area (TPSA) is 76.2 Å². The molecule has 5 nitrogen and oxygen atoms in total. The smallest absolute Gasteiger partial charge is 0.398 e. The standard InChI is InChI=1S/C7H5ClF3NO4S/c1-3-2-12-6(13)4(16-7(9,10)11)5(3)17(8,14)15/h2H,1H3,(H,12,13). The Balaban J connectivity index is 3.58. The number of aromatic amines is 1. The van der Waals surface area contributed by atoms with Gasteiger partial charge < -0.3 is 9.72 Å². The third-order valence-corrected chi connectivity index (χ3v) is 3.11. The Bertz CT molecular complexity index is 592. The van der Waals surface area contributed by atoms with Gasteiger partial charge in [-0.05, 0) is 12.5 Å². The molecule has 0 aliphatic heterocycles. The number of ether oxygens (including phenoxy) is 1. The summed E-state index contributed by atoms with van der Waals surface area (Å²) in [6.07, 6.45) is -4.28. The largest absolute Gasteiger partial charge is 0.573 e. The number of alkyl halides is 3. The second kappa shape index (κ2) is 4.22. The number of H-pyrrole nitrogens is 1. The van der Waals surface area contributed by atoms with E-state index in [4.69, 9.17) is 10.7 Å². The molecule has 0 saturated carbocycles. The summed E-state index contributed by atoms with van der Waals surface area (Å²) in [5, 5.41) is 0. The summed E-state index contributed by atoms with van der Waals surface area (Å²) < 4.78 is 61.5. The molecule has 1 rings (SSSR count). The zero-order chi connectivity index (χ0) is 13.4. The first-order valence-corrected chi connectivity index (χ1v) is 6.26. The van der Waals surface area contributed by atoms with E-state index in [1.165, 1.54) is 0 Å². The van der Waals surface area contributed by atoms with Crippen molar-refractivity contribution in [3.05, 3.63) is 22.1 Å². The fourth-order valence-electron chi connectivity index (χ4n) is 1.10. The van der Waals surface area contributed by atoms with E-state index in [2.05, 4.69) is 4.74 Å². The summed E-state index contributed by atoms with van der Waals surface area (Å²) in [7, 11) is 0.410. The minimum absolute atomic E-state index is 0.168. The molecule has 1 heterocycles. The van der Waals surface area contributed by atoms with Crippen LogP contribution in [0.1, 0.15) is 5.56 Å². The van der Waals surface area contributed by atoms with Gasteiger partial charge in [-0.25, -0.2) is 8.42 Å². The van der Waals surface area contributed by atoms with Crippen molar-refractivity contribution >= 4 is 19.7 Å². The van der Waals surface area contributed by atoms with Crippen LogP contribution < -0.4 is 10.3 Å². The molecule has 0 saturated heterocycles. The average Bonchev–Trinajstić information content (AvgIpc) is 2.06. The highest BCUT2D eigenvalue weighted by atomic mass is 35.7. The summed E-state index contributed by atoms with van der Waals surface area (Å²) in [6.45, 7) is 1.16. The Morgan fingerprint density at radius 2 is 1.94 bits per heavy atom. The van der Waals surface area contributed by atoms with Gasteiger partial charge in [-0.1, -0.05) is 0 Å². The van der Waals surface area contributed by atoms with Crippen molar-refractivity contribution in [2.24, 2.45) is 0 Å². The van der Waals surface area contributed by atoms with Crippen LogP contribution in [0, 0.1) is 6.92 Å². The van der Waals surface area contributed by atoms with Gasteiger partial charge >= 0.3 is 6.36 Å². The molecule has 0 bridgehead atoms. The van der Waals surface area contributed by atoms with E-state index in [1.807, 2.05) is 4.98 Å². The molecule has 96 valence electrons. The van der Waals surface area contributed by atoms with E-state index in [-0.39, 0.29) is 5.56 Å². The van der Waals surface area contributed by atoms with E-state index in [9.17, 15) is 26.4 Å². The first-order valence-electron chi connectivity index (χ1n) is 3.95. The van der Waals surface area contributed by atoms with E-state index in [1.54, 1.807) is 0 Å². The number of rotatable bonds is 2. The Hall–Kier alpha value is -1.22. The number of pyridine rings is 1. The first-order chi connectivity index (χ1) is 7.52. The number of hydrogen-bond acceptors (Lipinski definition) is 4.